The molecule has 0 saturated heterocycles. The van der Waals surface area contributed by atoms with Crippen molar-refractivity contribution in [3.05, 3.63) is 93.8 Å². The molecule has 7 heteroatoms. The van der Waals surface area contributed by atoms with E-state index in [0.29, 0.717) is 24.7 Å². The Labute approximate surface area is 168 Å². The minimum atomic E-state index is -0.430. The Balaban J connectivity index is 1.65. The summed E-state index contributed by atoms with van der Waals surface area (Å²) in [6.45, 7) is 3.12. The number of ether oxygens (including phenoxy) is 2. The molecule has 29 heavy (non-hydrogen) atoms. The minimum absolute atomic E-state index is 0.0500. The molecular weight excluding hydrogens is 375 g/mol. The number of anilines is 1. The molecule has 3 rings (SSSR count). The van der Waals surface area contributed by atoms with E-state index in [1.54, 1.807) is 24.3 Å². The lowest BCUT2D eigenvalue weighted by Gasteiger charge is -2.14. The molecule has 3 aromatic rings. The first-order valence-corrected chi connectivity index (χ1v) is 9.16. The van der Waals surface area contributed by atoms with Crippen LogP contribution in [0.15, 0.2) is 66.7 Å². The van der Waals surface area contributed by atoms with Crippen molar-refractivity contribution in [3.63, 3.8) is 0 Å². The fraction of sp³-hybridized carbons (Fsp3) is 0.182. The smallest absolute Gasteiger partial charge is 0.269 e. The fourth-order valence-corrected chi connectivity index (χ4v) is 2.74. The van der Waals surface area contributed by atoms with E-state index in [2.05, 4.69) is 5.32 Å². The second-order valence-electron chi connectivity index (χ2n) is 6.29. The molecule has 0 spiro atoms. The van der Waals surface area contributed by atoms with Crippen molar-refractivity contribution in [2.75, 3.05) is 11.9 Å². The van der Waals surface area contributed by atoms with Crippen LogP contribution in [-0.4, -0.2) is 11.5 Å². The molecule has 0 aliphatic rings. The molecule has 6 nitrogen and oxygen atoms in total. The van der Waals surface area contributed by atoms with E-state index in [-0.39, 0.29) is 18.1 Å². The lowest BCUT2D eigenvalue weighted by molar-refractivity contribution is -0.384. The van der Waals surface area contributed by atoms with Gasteiger partial charge in [0.1, 0.15) is 12.4 Å². The summed E-state index contributed by atoms with van der Waals surface area (Å²) < 4.78 is 24.8. The van der Waals surface area contributed by atoms with Crippen molar-refractivity contribution in [1.29, 1.82) is 0 Å². The van der Waals surface area contributed by atoms with Crippen LogP contribution in [0.4, 0.5) is 15.8 Å². The molecule has 3 aromatic carbocycles. The predicted octanol–water partition coefficient (Wildman–Crippen LogP) is 5.32. The van der Waals surface area contributed by atoms with E-state index in [9.17, 15) is 14.5 Å². The van der Waals surface area contributed by atoms with Gasteiger partial charge in [-0.2, -0.15) is 0 Å². The molecule has 0 radical (unpaired) electrons. The number of hydrogen-bond acceptors (Lipinski definition) is 5. The van der Waals surface area contributed by atoms with Gasteiger partial charge in [0.25, 0.3) is 5.69 Å². The van der Waals surface area contributed by atoms with Crippen molar-refractivity contribution in [1.82, 2.24) is 0 Å². The van der Waals surface area contributed by atoms with E-state index in [1.165, 1.54) is 24.3 Å². The van der Waals surface area contributed by atoms with E-state index in [0.717, 1.165) is 16.8 Å². The third-order valence-corrected chi connectivity index (χ3v) is 4.17. The van der Waals surface area contributed by atoms with Gasteiger partial charge in [-0.15, -0.1) is 0 Å². The van der Waals surface area contributed by atoms with Gasteiger partial charge >= 0.3 is 0 Å². The number of nitro benzene ring substituents is 1. The first-order chi connectivity index (χ1) is 14.0. The van der Waals surface area contributed by atoms with Gasteiger partial charge in [0.05, 0.1) is 11.5 Å². The number of rotatable bonds is 9. The first-order valence-electron chi connectivity index (χ1n) is 9.16. The monoisotopic (exact) mass is 396 g/mol. The Morgan fingerprint density at radius 1 is 0.966 bits per heavy atom. The summed E-state index contributed by atoms with van der Waals surface area (Å²) in [6.07, 6.45) is 0. The SMILES string of the molecule is CCOc1cc(CNc2ccc([N+](=O)[O-])cc2)ccc1OCc1cccc(F)c1. The van der Waals surface area contributed by atoms with Crippen LogP contribution in [-0.2, 0) is 13.2 Å². The van der Waals surface area contributed by atoms with E-state index < -0.39 is 4.92 Å². The maximum Gasteiger partial charge on any atom is 0.269 e. The normalized spacial score (nSPS) is 10.4. The molecule has 0 saturated carbocycles. The summed E-state index contributed by atoms with van der Waals surface area (Å²) in [5.41, 5.74) is 2.52. The molecule has 0 heterocycles. The summed E-state index contributed by atoms with van der Waals surface area (Å²) in [4.78, 5) is 10.3. The summed E-state index contributed by atoms with van der Waals surface area (Å²) >= 11 is 0. The van der Waals surface area contributed by atoms with Crippen LogP contribution in [0.1, 0.15) is 18.1 Å². The van der Waals surface area contributed by atoms with E-state index >= 15 is 0 Å². The highest BCUT2D eigenvalue weighted by atomic mass is 19.1. The Morgan fingerprint density at radius 2 is 1.76 bits per heavy atom. The van der Waals surface area contributed by atoms with Crippen LogP contribution < -0.4 is 14.8 Å². The number of nitro groups is 1. The molecule has 0 amide bonds. The fourth-order valence-electron chi connectivity index (χ4n) is 2.74. The zero-order chi connectivity index (χ0) is 20.6. The molecular formula is C22H21FN2O4. The topological polar surface area (TPSA) is 73.6 Å². The molecule has 0 aliphatic carbocycles. The van der Waals surface area contributed by atoms with Gasteiger partial charge in [-0.3, -0.25) is 10.1 Å². The summed E-state index contributed by atoms with van der Waals surface area (Å²) in [5, 5.41) is 13.9. The van der Waals surface area contributed by atoms with Gasteiger partial charge in [-0.1, -0.05) is 18.2 Å². The lowest BCUT2D eigenvalue weighted by Crippen LogP contribution is -2.03. The Hall–Kier alpha value is -3.61. The van der Waals surface area contributed by atoms with Gasteiger partial charge in [0.15, 0.2) is 11.5 Å². The summed E-state index contributed by atoms with van der Waals surface area (Å²) in [5.74, 6) is 0.880. The second kappa shape index (κ2) is 9.54. The predicted molar refractivity (Wildman–Crippen MR) is 109 cm³/mol. The zero-order valence-electron chi connectivity index (χ0n) is 15.9. The van der Waals surface area contributed by atoms with Gasteiger partial charge in [-0.05, 0) is 54.4 Å². The molecule has 1 N–H and O–H groups in total. The standard InChI is InChI=1S/C22H21FN2O4/c1-2-28-22-13-16(14-24-19-7-9-20(10-8-19)25(26)27)6-11-21(22)29-15-17-4-3-5-18(23)12-17/h3-13,24H,2,14-15H2,1H3. The zero-order valence-corrected chi connectivity index (χ0v) is 15.9. The molecule has 0 fully saturated rings. The number of non-ortho nitro benzene ring substituents is 1. The van der Waals surface area contributed by atoms with Crippen LogP contribution >= 0.6 is 0 Å². The third kappa shape index (κ3) is 5.68. The van der Waals surface area contributed by atoms with E-state index in [1.807, 2.05) is 25.1 Å². The molecule has 0 aromatic heterocycles. The first kappa shape index (κ1) is 20.1. The highest BCUT2D eigenvalue weighted by Gasteiger charge is 2.08. The van der Waals surface area contributed by atoms with Crippen LogP contribution in [0.25, 0.3) is 0 Å². The number of halogens is 1. The summed E-state index contributed by atoms with van der Waals surface area (Å²) in [7, 11) is 0. The van der Waals surface area contributed by atoms with Crippen molar-refractivity contribution in [3.8, 4) is 11.5 Å². The van der Waals surface area contributed by atoms with Crippen molar-refractivity contribution in [2.24, 2.45) is 0 Å². The lowest BCUT2D eigenvalue weighted by atomic mass is 10.2. The van der Waals surface area contributed by atoms with Crippen molar-refractivity contribution < 1.29 is 18.8 Å². The molecule has 150 valence electrons. The quantitative estimate of drug-likeness (QED) is 0.391. The van der Waals surface area contributed by atoms with Crippen LogP contribution in [0.5, 0.6) is 11.5 Å². The highest BCUT2D eigenvalue weighted by molar-refractivity contribution is 5.50. The number of benzene rings is 3. The number of nitrogens with one attached hydrogen (secondary N) is 1. The van der Waals surface area contributed by atoms with Gasteiger partial charge in [-0.25, -0.2) is 4.39 Å². The number of nitrogens with zero attached hydrogens (tertiary/aromatic N) is 1. The Bertz CT molecular complexity index is 977. The molecule has 0 atom stereocenters. The average molecular weight is 396 g/mol. The van der Waals surface area contributed by atoms with Crippen molar-refractivity contribution >= 4 is 11.4 Å². The second-order valence-corrected chi connectivity index (χ2v) is 6.29. The van der Waals surface area contributed by atoms with Gasteiger partial charge in [0.2, 0.25) is 0 Å². The van der Waals surface area contributed by atoms with E-state index in [4.69, 9.17) is 9.47 Å². The summed E-state index contributed by atoms with van der Waals surface area (Å²) in [6, 6.07) is 18.1. The Kier molecular flexibility index (Phi) is 6.63. The number of hydrogen-bond donors (Lipinski definition) is 1. The largest absolute Gasteiger partial charge is 0.490 e. The molecule has 0 unspecified atom stereocenters. The van der Waals surface area contributed by atoms with Crippen LogP contribution in [0, 0.1) is 15.9 Å². The Morgan fingerprint density at radius 3 is 2.45 bits per heavy atom. The maximum absolute atomic E-state index is 13.3. The van der Waals surface area contributed by atoms with Crippen LogP contribution in [0.2, 0.25) is 0 Å². The van der Waals surface area contributed by atoms with Gasteiger partial charge < -0.3 is 14.8 Å². The molecule has 0 aliphatic heterocycles. The molecule has 0 bridgehead atoms. The van der Waals surface area contributed by atoms with Crippen molar-refractivity contribution in [2.45, 2.75) is 20.1 Å². The van der Waals surface area contributed by atoms with Gasteiger partial charge in [0, 0.05) is 24.4 Å². The third-order valence-electron chi connectivity index (χ3n) is 4.17. The minimum Gasteiger partial charge on any atom is -0.490 e. The maximum atomic E-state index is 13.3. The average Bonchev–Trinajstić information content (AvgIpc) is 2.72. The van der Waals surface area contributed by atoms with Crippen LogP contribution in [0.3, 0.4) is 0 Å². The highest BCUT2D eigenvalue weighted by Crippen LogP contribution is 2.30.